The fourth-order valence-corrected chi connectivity index (χ4v) is 1.85. The molecule has 4 heteroatoms. The first-order chi connectivity index (χ1) is 8.31. The van der Waals surface area contributed by atoms with E-state index in [0.29, 0.717) is 6.54 Å². The smallest absolute Gasteiger partial charge is 0.127 e. The van der Waals surface area contributed by atoms with Crippen molar-refractivity contribution in [2.75, 3.05) is 0 Å². The number of nitrogens with one attached hydrogen (secondary N) is 2. The normalized spacial score (nSPS) is 12.6. The molecule has 0 radical (unpaired) electrons. The van der Waals surface area contributed by atoms with Crippen LogP contribution in [-0.2, 0) is 6.54 Å². The molecule has 1 aromatic carbocycles. The SMILES string of the molecule is CCC(NCc1ccn[nH]1)c1ccccc1F. The Morgan fingerprint density at radius 2 is 2.18 bits per heavy atom. The number of rotatable bonds is 5. The van der Waals surface area contributed by atoms with Crippen molar-refractivity contribution < 1.29 is 4.39 Å². The lowest BCUT2D eigenvalue weighted by atomic mass is 10.0. The minimum Gasteiger partial charge on any atom is -0.304 e. The van der Waals surface area contributed by atoms with Crippen LogP contribution >= 0.6 is 0 Å². The van der Waals surface area contributed by atoms with Crippen LogP contribution < -0.4 is 5.32 Å². The molecule has 90 valence electrons. The van der Waals surface area contributed by atoms with Crippen LogP contribution in [0.4, 0.5) is 4.39 Å². The quantitative estimate of drug-likeness (QED) is 0.833. The maximum Gasteiger partial charge on any atom is 0.127 e. The third kappa shape index (κ3) is 2.91. The molecule has 0 fully saturated rings. The molecule has 1 unspecified atom stereocenters. The summed E-state index contributed by atoms with van der Waals surface area (Å²) in [6.45, 7) is 2.70. The zero-order chi connectivity index (χ0) is 12.1. The van der Waals surface area contributed by atoms with Crippen molar-refractivity contribution in [2.45, 2.75) is 25.9 Å². The van der Waals surface area contributed by atoms with Gasteiger partial charge in [-0.3, -0.25) is 5.10 Å². The van der Waals surface area contributed by atoms with E-state index in [1.165, 1.54) is 6.07 Å². The molecule has 17 heavy (non-hydrogen) atoms. The molecule has 2 aromatic rings. The summed E-state index contributed by atoms with van der Waals surface area (Å²) in [7, 11) is 0. The van der Waals surface area contributed by atoms with Crippen molar-refractivity contribution in [3.63, 3.8) is 0 Å². The lowest BCUT2D eigenvalue weighted by Gasteiger charge is -2.17. The van der Waals surface area contributed by atoms with Gasteiger partial charge in [-0.1, -0.05) is 25.1 Å². The van der Waals surface area contributed by atoms with E-state index in [1.54, 1.807) is 12.3 Å². The van der Waals surface area contributed by atoms with Crippen LogP contribution in [-0.4, -0.2) is 10.2 Å². The summed E-state index contributed by atoms with van der Waals surface area (Å²) in [5, 5.41) is 10.1. The third-order valence-corrected chi connectivity index (χ3v) is 2.79. The van der Waals surface area contributed by atoms with Gasteiger partial charge in [-0.2, -0.15) is 5.10 Å². The summed E-state index contributed by atoms with van der Waals surface area (Å²) >= 11 is 0. The predicted octanol–water partition coefficient (Wildman–Crippen LogP) is 2.79. The second kappa shape index (κ2) is 5.59. The van der Waals surface area contributed by atoms with Crippen LogP contribution in [0.15, 0.2) is 36.5 Å². The number of benzene rings is 1. The zero-order valence-corrected chi connectivity index (χ0v) is 9.78. The summed E-state index contributed by atoms with van der Waals surface area (Å²) in [5.74, 6) is -0.156. The molecule has 0 saturated heterocycles. The summed E-state index contributed by atoms with van der Waals surface area (Å²) in [4.78, 5) is 0. The molecule has 0 aliphatic rings. The fraction of sp³-hybridized carbons (Fsp3) is 0.308. The topological polar surface area (TPSA) is 40.7 Å². The standard InChI is InChI=1S/C13H16FN3/c1-2-13(11-5-3-4-6-12(11)14)15-9-10-7-8-16-17-10/h3-8,13,15H,2,9H2,1H3,(H,16,17). The fourth-order valence-electron chi connectivity index (χ4n) is 1.85. The van der Waals surface area contributed by atoms with E-state index in [9.17, 15) is 4.39 Å². The highest BCUT2D eigenvalue weighted by Gasteiger charge is 2.12. The second-order valence-corrected chi connectivity index (χ2v) is 3.95. The van der Waals surface area contributed by atoms with E-state index in [0.717, 1.165) is 17.7 Å². The van der Waals surface area contributed by atoms with Gasteiger partial charge in [0.2, 0.25) is 0 Å². The average molecular weight is 233 g/mol. The Kier molecular flexibility index (Phi) is 3.88. The largest absolute Gasteiger partial charge is 0.304 e. The summed E-state index contributed by atoms with van der Waals surface area (Å²) in [6.07, 6.45) is 2.55. The number of halogens is 1. The minimum atomic E-state index is -0.156. The van der Waals surface area contributed by atoms with E-state index < -0.39 is 0 Å². The lowest BCUT2D eigenvalue weighted by Crippen LogP contribution is -2.21. The number of H-pyrrole nitrogens is 1. The Labute approximate surface area is 100 Å². The van der Waals surface area contributed by atoms with Crippen molar-refractivity contribution in [3.8, 4) is 0 Å². The first-order valence-electron chi connectivity index (χ1n) is 5.77. The highest BCUT2D eigenvalue weighted by atomic mass is 19.1. The molecule has 1 heterocycles. The number of aromatic amines is 1. The lowest BCUT2D eigenvalue weighted by molar-refractivity contribution is 0.484. The van der Waals surface area contributed by atoms with Gasteiger partial charge in [0.15, 0.2) is 0 Å². The highest BCUT2D eigenvalue weighted by molar-refractivity contribution is 5.21. The Bertz CT molecular complexity index is 453. The van der Waals surface area contributed by atoms with Crippen molar-refractivity contribution >= 4 is 0 Å². The molecule has 0 bridgehead atoms. The number of hydrogen-bond acceptors (Lipinski definition) is 2. The molecular formula is C13H16FN3. The molecule has 0 aliphatic carbocycles. The maximum atomic E-state index is 13.6. The Morgan fingerprint density at radius 1 is 1.35 bits per heavy atom. The van der Waals surface area contributed by atoms with Gasteiger partial charge < -0.3 is 5.32 Å². The highest BCUT2D eigenvalue weighted by Crippen LogP contribution is 2.19. The van der Waals surface area contributed by atoms with Gasteiger partial charge in [-0.05, 0) is 18.6 Å². The first kappa shape index (κ1) is 11.8. The van der Waals surface area contributed by atoms with E-state index >= 15 is 0 Å². The van der Waals surface area contributed by atoms with Gasteiger partial charge in [-0.25, -0.2) is 4.39 Å². The molecule has 3 nitrogen and oxygen atoms in total. The van der Waals surface area contributed by atoms with Gasteiger partial charge in [-0.15, -0.1) is 0 Å². The van der Waals surface area contributed by atoms with Crippen LogP contribution in [0.5, 0.6) is 0 Å². The van der Waals surface area contributed by atoms with Gasteiger partial charge in [0.1, 0.15) is 5.82 Å². The van der Waals surface area contributed by atoms with Crippen LogP contribution in [0.3, 0.4) is 0 Å². The van der Waals surface area contributed by atoms with Gasteiger partial charge in [0.25, 0.3) is 0 Å². The number of hydrogen-bond donors (Lipinski definition) is 2. The summed E-state index contributed by atoms with van der Waals surface area (Å²) in [5.41, 5.74) is 1.72. The molecule has 0 spiro atoms. The van der Waals surface area contributed by atoms with E-state index in [2.05, 4.69) is 15.5 Å². The molecule has 0 aliphatic heterocycles. The molecule has 1 aromatic heterocycles. The maximum absolute atomic E-state index is 13.6. The predicted molar refractivity (Wildman–Crippen MR) is 64.9 cm³/mol. The van der Waals surface area contributed by atoms with Gasteiger partial charge in [0, 0.05) is 30.0 Å². The monoisotopic (exact) mass is 233 g/mol. The van der Waals surface area contributed by atoms with Gasteiger partial charge >= 0.3 is 0 Å². The summed E-state index contributed by atoms with van der Waals surface area (Å²) < 4.78 is 13.6. The Morgan fingerprint density at radius 3 is 2.82 bits per heavy atom. The molecular weight excluding hydrogens is 217 g/mol. The van der Waals surface area contributed by atoms with Crippen molar-refractivity contribution in [2.24, 2.45) is 0 Å². The van der Waals surface area contributed by atoms with E-state index in [1.807, 2.05) is 25.1 Å². The van der Waals surface area contributed by atoms with Crippen molar-refractivity contribution in [3.05, 3.63) is 53.6 Å². The van der Waals surface area contributed by atoms with Crippen molar-refractivity contribution in [1.29, 1.82) is 0 Å². The minimum absolute atomic E-state index is 0.0273. The van der Waals surface area contributed by atoms with Crippen molar-refractivity contribution in [1.82, 2.24) is 15.5 Å². The molecule has 0 saturated carbocycles. The van der Waals surface area contributed by atoms with Crippen LogP contribution in [0.2, 0.25) is 0 Å². The molecule has 1 atom stereocenters. The Hall–Kier alpha value is -1.68. The molecule has 2 rings (SSSR count). The van der Waals surface area contributed by atoms with Crippen LogP contribution in [0, 0.1) is 5.82 Å². The van der Waals surface area contributed by atoms with Crippen LogP contribution in [0.25, 0.3) is 0 Å². The third-order valence-electron chi connectivity index (χ3n) is 2.79. The first-order valence-corrected chi connectivity index (χ1v) is 5.77. The van der Waals surface area contributed by atoms with Gasteiger partial charge in [0.05, 0.1) is 0 Å². The van der Waals surface area contributed by atoms with E-state index in [-0.39, 0.29) is 11.9 Å². The van der Waals surface area contributed by atoms with Crippen LogP contribution in [0.1, 0.15) is 30.6 Å². The second-order valence-electron chi connectivity index (χ2n) is 3.95. The molecule has 2 N–H and O–H groups in total. The number of nitrogens with zero attached hydrogens (tertiary/aromatic N) is 1. The van der Waals surface area contributed by atoms with E-state index in [4.69, 9.17) is 0 Å². The number of aromatic nitrogens is 2. The zero-order valence-electron chi connectivity index (χ0n) is 9.78. The molecule has 0 amide bonds. The average Bonchev–Trinajstić information content (AvgIpc) is 2.85. The Balaban J connectivity index is 2.04. The summed E-state index contributed by atoms with van der Waals surface area (Å²) in [6, 6.07) is 8.82.